The summed E-state index contributed by atoms with van der Waals surface area (Å²) in [7, 11) is 0. The van der Waals surface area contributed by atoms with Crippen molar-refractivity contribution in [3.05, 3.63) is 17.8 Å². The zero-order valence-corrected chi connectivity index (χ0v) is 11.7. The largest absolute Gasteiger partial charge is 0.292 e. The Labute approximate surface area is 114 Å². The lowest BCUT2D eigenvalue weighted by Crippen LogP contribution is -2.12. The van der Waals surface area contributed by atoms with Gasteiger partial charge in [0.2, 0.25) is 5.65 Å². The van der Waals surface area contributed by atoms with Gasteiger partial charge in [0.15, 0.2) is 5.69 Å². The summed E-state index contributed by atoms with van der Waals surface area (Å²) in [6, 6.07) is 0. The minimum atomic E-state index is -0.122. The van der Waals surface area contributed by atoms with E-state index in [1.807, 2.05) is 6.92 Å². The number of nitrogens with zero attached hydrogens (tertiary/aromatic N) is 7. The fourth-order valence-corrected chi connectivity index (χ4v) is 1.89. The summed E-state index contributed by atoms with van der Waals surface area (Å²) >= 11 is 0. The topological polar surface area (TPSA) is 112 Å². The van der Waals surface area contributed by atoms with Crippen molar-refractivity contribution in [2.45, 2.75) is 33.1 Å². The van der Waals surface area contributed by atoms with Crippen molar-refractivity contribution in [2.75, 3.05) is 0 Å². The molecule has 0 aliphatic carbocycles. The van der Waals surface area contributed by atoms with Gasteiger partial charge in [-0.2, -0.15) is 10.1 Å². The van der Waals surface area contributed by atoms with E-state index in [1.54, 1.807) is 4.52 Å². The third kappa shape index (κ3) is 1.96. The summed E-state index contributed by atoms with van der Waals surface area (Å²) in [5.74, 6) is 1.12. The van der Waals surface area contributed by atoms with E-state index < -0.39 is 0 Å². The summed E-state index contributed by atoms with van der Waals surface area (Å²) in [6.45, 7) is 8.15. The molecule has 20 heavy (non-hydrogen) atoms. The molecular weight excluding hydrogens is 258 g/mol. The molecule has 0 saturated heterocycles. The van der Waals surface area contributed by atoms with Crippen molar-refractivity contribution in [2.24, 2.45) is 10.2 Å². The molecule has 3 rings (SSSR count). The number of aromatic amines is 2. The van der Waals surface area contributed by atoms with Crippen LogP contribution in [-0.2, 0) is 5.41 Å². The Hall–Kier alpha value is -2.58. The second kappa shape index (κ2) is 4.22. The first-order chi connectivity index (χ1) is 9.47. The molecule has 0 aromatic carbocycles. The van der Waals surface area contributed by atoms with Crippen LogP contribution in [-0.4, -0.2) is 35.0 Å². The van der Waals surface area contributed by atoms with Crippen LogP contribution in [0, 0.1) is 6.92 Å². The van der Waals surface area contributed by atoms with Gasteiger partial charge in [-0.1, -0.05) is 20.8 Å². The first kappa shape index (κ1) is 12.5. The molecule has 104 valence electrons. The van der Waals surface area contributed by atoms with Crippen molar-refractivity contribution >= 4 is 17.3 Å². The van der Waals surface area contributed by atoms with E-state index in [0.29, 0.717) is 17.3 Å². The molecule has 0 saturated carbocycles. The summed E-state index contributed by atoms with van der Waals surface area (Å²) in [4.78, 5) is 3.91. The van der Waals surface area contributed by atoms with E-state index in [1.165, 1.54) is 6.33 Å². The van der Waals surface area contributed by atoms with E-state index >= 15 is 0 Å². The van der Waals surface area contributed by atoms with Gasteiger partial charge in [-0.05, 0) is 6.92 Å². The van der Waals surface area contributed by atoms with Gasteiger partial charge >= 0.3 is 0 Å². The number of nitrogens with one attached hydrogen (secondary N) is 2. The number of aryl methyl sites for hydroxylation is 1. The van der Waals surface area contributed by atoms with Crippen LogP contribution < -0.4 is 0 Å². The van der Waals surface area contributed by atoms with Gasteiger partial charge in [-0.25, -0.2) is 9.61 Å². The molecule has 3 aromatic rings. The lowest BCUT2D eigenvalue weighted by atomic mass is 9.91. The van der Waals surface area contributed by atoms with Crippen molar-refractivity contribution in [1.82, 2.24) is 35.0 Å². The Kier molecular flexibility index (Phi) is 2.63. The quantitative estimate of drug-likeness (QED) is 0.697. The van der Waals surface area contributed by atoms with Crippen molar-refractivity contribution in [1.29, 1.82) is 0 Å². The molecule has 3 aromatic heterocycles. The van der Waals surface area contributed by atoms with Crippen LogP contribution in [0.3, 0.4) is 0 Å². The third-order valence-electron chi connectivity index (χ3n) is 2.89. The Morgan fingerprint density at radius 3 is 2.65 bits per heavy atom. The summed E-state index contributed by atoms with van der Waals surface area (Å²) < 4.78 is 1.80. The van der Waals surface area contributed by atoms with E-state index in [0.717, 1.165) is 11.5 Å². The molecule has 9 nitrogen and oxygen atoms in total. The average molecular weight is 273 g/mol. The molecule has 0 spiro atoms. The third-order valence-corrected chi connectivity index (χ3v) is 2.89. The maximum atomic E-state index is 4.25. The maximum Gasteiger partial charge on any atom is 0.264 e. The number of azo groups is 1. The van der Waals surface area contributed by atoms with Gasteiger partial charge in [0.05, 0.1) is 5.69 Å². The Morgan fingerprint density at radius 2 is 2.00 bits per heavy atom. The zero-order chi connectivity index (χ0) is 14.3. The van der Waals surface area contributed by atoms with Gasteiger partial charge in [0.1, 0.15) is 12.2 Å². The molecule has 0 radical (unpaired) electrons. The smallest absolute Gasteiger partial charge is 0.264 e. The monoisotopic (exact) mass is 273 g/mol. The summed E-state index contributed by atoms with van der Waals surface area (Å²) in [6.07, 6.45) is 1.38. The highest BCUT2D eigenvalue weighted by atomic mass is 15.4. The molecule has 2 N–H and O–H groups in total. The fourth-order valence-electron chi connectivity index (χ4n) is 1.89. The molecule has 0 aliphatic heterocycles. The second-order valence-electron chi connectivity index (χ2n) is 5.50. The van der Waals surface area contributed by atoms with Gasteiger partial charge in [-0.15, -0.1) is 20.4 Å². The highest BCUT2D eigenvalue weighted by molar-refractivity contribution is 5.67. The first-order valence-corrected chi connectivity index (χ1v) is 6.18. The Balaban J connectivity index is 2.16. The fraction of sp³-hybridized carbons (Fsp3) is 0.455. The zero-order valence-electron chi connectivity index (χ0n) is 11.7. The molecule has 0 bridgehead atoms. The normalized spacial score (nSPS) is 12.8. The van der Waals surface area contributed by atoms with Crippen LogP contribution in [0.1, 0.15) is 32.3 Å². The second-order valence-corrected chi connectivity index (χ2v) is 5.50. The number of hydrogen-bond acceptors (Lipinski definition) is 6. The minimum absolute atomic E-state index is 0.122. The van der Waals surface area contributed by atoms with Gasteiger partial charge in [0, 0.05) is 5.41 Å². The SMILES string of the molecule is Cc1nnc2c(N=Nc3ncn[nH]3)c(C(C)(C)C)[nH]n12. The van der Waals surface area contributed by atoms with E-state index in [4.69, 9.17) is 0 Å². The van der Waals surface area contributed by atoms with Crippen molar-refractivity contribution < 1.29 is 0 Å². The number of aromatic nitrogens is 7. The molecule has 0 fully saturated rings. The standard InChI is InChI=1S/C11H15N9/c1-6-14-16-9-7(15-18-10-12-5-13-17-10)8(11(2,3)4)19-20(6)9/h5,19H,1-4H3,(H,12,13,17). The maximum absolute atomic E-state index is 4.25. The molecule has 3 heterocycles. The van der Waals surface area contributed by atoms with Crippen LogP contribution in [0.5, 0.6) is 0 Å². The molecule has 0 amide bonds. The molecule has 0 aliphatic rings. The summed E-state index contributed by atoms with van der Waals surface area (Å²) in [5, 5.41) is 26.1. The lowest BCUT2D eigenvalue weighted by Gasteiger charge is -2.16. The number of rotatable bonds is 2. The molecule has 9 heteroatoms. The lowest BCUT2D eigenvalue weighted by molar-refractivity contribution is 0.561. The number of H-pyrrole nitrogens is 2. The molecule has 0 unspecified atom stereocenters. The van der Waals surface area contributed by atoms with Gasteiger partial charge in [-0.3, -0.25) is 5.10 Å². The van der Waals surface area contributed by atoms with E-state index in [-0.39, 0.29) is 5.41 Å². The molecular formula is C11H15N9. The average Bonchev–Trinajstić information content (AvgIpc) is 3.04. The predicted octanol–water partition coefficient (Wildman–Crippen LogP) is 2.20. The van der Waals surface area contributed by atoms with Crippen molar-refractivity contribution in [3.8, 4) is 0 Å². The Morgan fingerprint density at radius 1 is 1.20 bits per heavy atom. The summed E-state index contributed by atoms with van der Waals surface area (Å²) in [5.41, 5.74) is 2.13. The van der Waals surface area contributed by atoms with E-state index in [2.05, 4.69) is 61.5 Å². The predicted molar refractivity (Wildman–Crippen MR) is 71.3 cm³/mol. The van der Waals surface area contributed by atoms with Crippen LogP contribution in [0.2, 0.25) is 0 Å². The van der Waals surface area contributed by atoms with E-state index in [9.17, 15) is 0 Å². The first-order valence-electron chi connectivity index (χ1n) is 6.18. The van der Waals surface area contributed by atoms with Crippen LogP contribution in [0.15, 0.2) is 16.6 Å². The van der Waals surface area contributed by atoms with Crippen LogP contribution >= 0.6 is 0 Å². The Bertz CT molecular complexity index is 754. The van der Waals surface area contributed by atoms with Crippen molar-refractivity contribution in [3.63, 3.8) is 0 Å². The molecule has 0 atom stereocenters. The minimum Gasteiger partial charge on any atom is -0.292 e. The van der Waals surface area contributed by atoms with Crippen LogP contribution in [0.4, 0.5) is 11.6 Å². The highest BCUT2D eigenvalue weighted by Gasteiger charge is 2.25. The van der Waals surface area contributed by atoms with Gasteiger partial charge < -0.3 is 0 Å². The highest BCUT2D eigenvalue weighted by Crippen LogP contribution is 2.34. The van der Waals surface area contributed by atoms with Gasteiger partial charge in [0.25, 0.3) is 5.95 Å². The number of fused-ring (bicyclic) bond motifs is 1. The van der Waals surface area contributed by atoms with Crippen LogP contribution in [0.25, 0.3) is 5.65 Å². The number of hydrogen-bond donors (Lipinski definition) is 2.